The molecule has 0 saturated heterocycles. The van der Waals surface area contributed by atoms with Gasteiger partial charge in [0.05, 0.1) is 11.0 Å². The van der Waals surface area contributed by atoms with Crippen LogP contribution in [0.15, 0.2) is 22.8 Å². The molecular weight excluding hydrogens is 323 g/mol. The number of rotatable bonds is 8. The van der Waals surface area contributed by atoms with Crippen molar-refractivity contribution in [2.24, 2.45) is 5.73 Å². The lowest BCUT2D eigenvalue weighted by molar-refractivity contribution is 0.303. The van der Waals surface area contributed by atoms with Gasteiger partial charge in [-0.3, -0.25) is 0 Å². The maximum atomic E-state index is 13.3. The summed E-state index contributed by atoms with van der Waals surface area (Å²) in [5.74, 6) is 0.114. The number of halogens is 1. The third-order valence-electron chi connectivity index (χ3n) is 3.01. The van der Waals surface area contributed by atoms with Crippen LogP contribution in [0.1, 0.15) is 17.4 Å². The Morgan fingerprint density at radius 1 is 1.39 bits per heavy atom. The summed E-state index contributed by atoms with van der Waals surface area (Å²) in [6, 6.07) is 4.60. The van der Waals surface area contributed by atoms with Gasteiger partial charge in [0.1, 0.15) is 12.0 Å². The van der Waals surface area contributed by atoms with Crippen LogP contribution < -0.4 is 21.1 Å². The number of aryl methyl sites for hydroxylation is 1. The van der Waals surface area contributed by atoms with E-state index in [2.05, 4.69) is 25.7 Å². The first-order chi connectivity index (χ1) is 11.0. The minimum atomic E-state index is -1.08. The smallest absolute Gasteiger partial charge is 0.197 e. The Balaban J connectivity index is 1.96. The molecule has 0 fully saturated rings. The zero-order valence-electron chi connectivity index (χ0n) is 12.8. The van der Waals surface area contributed by atoms with E-state index in [0.717, 1.165) is 0 Å². The Morgan fingerprint density at radius 3 is 2.87 bits per heavy atom. The van der Waals surface area contributed by atoms with E-state index < -0.39 is 17.2 Å². The normalized spacial score (nSPS) is 13.6. The first-order valence-corrected chi connectivity index (χ1v) is 8.44. The van der Waals surface area contributed by atoms with Crippen LogP contribution in [-0.2, 0) is 11.0 Å². The fraction of sp³-hybridized carbons (Fsp3) is 0.385. The van der Waals surface area contributed by atoms with Crippen molar-refractivity contribution in [1.82, 2.24) is 15.0 Å². The van der Waals surface area contributed by atoms with Crippen molar-refractivity contribution in [3.8, 4) is 0 Å². The van der Waals surface area contributed by atoms with E-state index in [1.807, 2.05) is 0 Å². The van der Waals surface area contributed by atoms with Gasteiger partial charge >= 0.3 is 0 Å². The van der Waals surface area contributed by atoms with Crippen molar-refractivity contribution < 1.29 is 13.2 Å². The summed E-state index contributed by atoms with van der Waals surface area (Å²) < 4.78 is 31.6. The van der Waals surface area contributed by atoms with Gasteiger partial charge in [-0.2, -0.15) is 0 Å². The summed E-state index contributed by atoms with van der Waals surface area (Å²) in [7, 11) is -1.08. The average Bonchev–Trinajstić information content (AvgIpc) is 2.96. The minimum absolute atomic E-state index is 0.282. The molecule has 0 radical (unpaired) electrons. The molecule has 0 spiro atoms. The number of hydrogen-bond acceptors (Lipinski definition) is 7. The molecule has 23 heavy (non-hydrogen) atoms. The molecule has 10 heteroatoms. The van der Waals surface area contributed by atoms with Gasteiger partial charge in [-0.25, -0.2) is 18.0 Å². The van der Waals surface area contributed by atoms with Gasteiger partial charge < -0.3 is 16.4 Å². The summed E-state index contributed by atoms with van der Waals surface area (Å²) in [6.45, 7) is 2.62. The molecule has 2 aromatic rings. The molecule has 126 valence electrons. The zero-order valence-corrected chi connectivity index (χ0v) is 13.6. The Bertz CT molecular complexity index is 680. The summed E-state index contributed by atoms with van der Waals surface area (Å²) in [4.78, 5) is 0. The topological polar surface area (TPSA) is 118 Å². The number of nitrogens with one attached hydrogen (secondary N) is 3. The van der Waals surface area contributed by atoms with Crippen molar-refractivity contribution >= 4 is 22.5 Å². The Morgan fingerprint density at radius 2 is 2.17 bits per heavy atom. The number of nitrogens with two attached hydrogens (primary N) is 1. The molecule has 2 rings (SSSR count). The molecule has 0 bridgehead atoms. The van der Waals surface area contributed by atoms with Crippen molar-refractivity contribution in [3.05, 3.63) is 35.3 Å². The van der Waals surface area contributed by atoms with Crippen LogP contribution in [0.25, 0.3) is 0 Å². The van der Waals surface area contributed by atoms with E-state index in [9.17, 15) is 8.60 Å². The lowest BCUT2D eigenvalue weighted by Gasteiger charge is -2.14. The van der Waals surface area contributed by atoms with Crippen LogP contribution in [-0.4, -0.2) is 33.9 Å². The highest BCUT2D eigenvalue weighted by atomic mass is 32.2. The molecule has 0 amide bonds. The van der Waals surface area contributed by atoms with Crippen LogP contribution in [0.4, 0.5) is 15.9 Å². The van der Waals surface area contributed by atoms with Crippen LogP contribution in [0.2, 0.25) is 0 Å². The highest BCUT2D eigenvalue weighted by Gasteiger charge is 2.17. The second kappa shape index (κ2) is 7.99. The molecule has 8 nitrogen and oxygen atoms in total. The standard InChI is InChI=1S/C13H19FN6O2S/c1-8-7-9(3-4-10(8)14)18-12(15)11-13(20-22-19-11)16-5-6-17-23(2)21/h3-4,7,12,17-18H,5-6,15H2,1-2H3,(H,16,20). The highest BCUT2D eigenvalue weighted by Crippen LogP contribution is 2.21. The molecule has 2 atom stereocenters. The summed E-state index contributed by atoms with van der Waals surface area (Å²) in [5.41, 5.74) is 7.61. The van der Waals surface area contributed by atoms with Crippen LogP contribution in [0.3, 0.4) is 0 Å². The van der Waals surface area contributed by atoms with Gasteiger partial charge in [0.25, 0.3) is 0 Å². The fourth-order valence-corrected chi connectivity index (χ4v) is 2.27. The van der Waals surface area contributed by atoms with E-state index in [4.69, 9.17) is 10.4 Å². The molecule has 2 unspecified atom stereocenters. The first kappa shape index (κ1) is 17.3. The first-order valence-electron chi connectivity index (χ1n) is 6.89. The fourth-order valence-electron chi connectivity index (χ4n) is 1.88. The quantitative estimate of drug-likeness (QED) is 0.415. The highest BCUT2D eigenvalue weighted by molar-refractivity contribution is 7.82. The van der Waals surface area contributed by atoms with Gasteiger partial charge in [0.2, 0.25) is 0 Å². The monoisotopic (exact) mass is 342 g/mol. The Kier molecular flexibility index (Phi) is 6.02. The molecule has 1 aromatic heterocycles. The molecule has 0 saturated carbocycles. The van der Waals surface area contributed by atoms with E-state index in [1.54, 1.807) is 25.3 Å². The summed E-state index contributed by atoms with van der Waals surface area (Å²) >= 11 is 0. The third kappa shape index (κ3) is 4.98. The van der Waals surface area contributed by atoms with Gasteiger partial charge in [-0.05, 0) is 41.0 Å². The van der Waals surface area contributed by atoms with Crippen LogP contribution in [0.5, 0.6) is 0 Å². The third-order valence-corrected chi connectivity index (χ3v) is 3.62. The lowest BCUT2D eigenvalue weighted by atomic mass is 10.2. The van der Waals surface area contributed by atoms with Crippen molar-refractivity contribution in [2.45, 2.75) is 13.1 Å². The second-order valence-electron chi connectivity index (χ2n) is 4.86. The van der Waals surface area contributed by atoms with Gasteiger partial charge in [0.15, 0.2) is 11.5 Å². The van der Waals surface area contributed by atoms with E-state index in [1.165, 1.54) is 6.07 Å². The number of anilines is 2. The lowest BCUT2D eigenvalue weighted by Crippen LogP contribution is -2.25. The molecular formula is C13H19FN6O2S. The number of nitrogens with zero attached hydrogens (tertiary/aromatic N) is 2. The molecule has 1 aromatic carbocycles. The van der Waals surface area contributed by atoms with E-state index in [0.29, 0.717) is 35.9 Å². The number of aromatic nitrogens is 2. The number of hydrogen-bond donors (Lipinski definition) is 4. The van der Waals surface area contributed by atoms with E-state index >= 15 is 0 Å². The van der Waals surface area contributed by atoms with Gasteiger partial charge in [-0.1, -0.05) is 0 Å². The summed E-state index contributed by atoms with van der Waals surface area (Å²) in [6.07, 6.45) is 0.870. The number of benzene rings is 1. The maximum Gasteiger partial charge on any atom is 0.197 e. The van der Waals surface area contributed by atoms with Gasteiger partial charge in [0, 0.05) is 25.0 Å². The predicted octanol–water partition coefficient (Wildman–Crippen LogP) is 0.882. The molecule has 0 aliphatic heterocycles. The van der Waals surface area contributed by atoms with Crippen molar-refractivity contribution in [3.63, 3.8) is 0 Å². The minimum Gasteiger partial charge on any atom is -0.365 e. The van der Waals surface area contributed by atoms with Crippen LogP contribution >= 0.6 is 0 Å². The SMILES string of the molecule is Cc1cc(NC(N)c2nonc2NCCNS(C)=O)ccc1F. The van der Waals surface area contributed by atoms with Gasteiger partial charge in [-0.15, -0.1) is 0 Å². The zero-order chi connectivity index (χ0) is 16.8. The predicted molar refractivity (Wildman–Crippen MR) is 86.5 cm³/mol. The molecule has 0 aliphatic carbocycles. The molecule has 1 heterocycles. The Labute approximate surface area is 135 Å². The molecule has 5 N–H and O–H groups in total. The average molecular weight is 342 g/mol. The van der Waals surface area contributed by atoms with Crippen molar-refractivity contribution in [2.75, 3.05) is 30.0 Å². The van der Waals surface area contributed by atoms with E-state index in [-0.39, 0.29) is 5.82 Å². The second-order valence-corrected chi connectivity index (χ2v) is 6.06. The largest absolute Gasteiger partial charge is 0.365 e. The van der Waals surface area contributed by atoms with Crippen LogP contribution in [0, 0.1) is 12.7 Å². The van der Waals surface area contributed by atoms with Crippen molar-refractivity contribution in [1.29, 1.82) is 0 Å². The Hall–Kier alpha value is -2.04. The molecule has 0 aliphatic rings. The maximum absolute atomic E-state index is 13.3. The summed E-state index contributed by atoms with van der Waals surface area (Å²) in [5, 5.41) is 13.5.